The monoisotopic (exact) mass is 191 g/mol. The van der Waals surface area contributed by atoms with E-state index in [2.05, 4.69) is 27.0 Å². The van der Waals surface area contributed by atoms with Crippen molar-refractivity contribution in [3.05, 3.63) is 36.1 Å². The number of amides is 1. The molecule has 0 fully saturated rings. The van der Waals surface area contributed by atoms with Crippen molar-refractivity contribution in [1.29, 1.82) is 0 Å². The molecule has 0 aromatic rings. The van der Waals surface area contributed by atoms with E-state index in [0.717, 1.165) is 17.8 Å². The van der Waals surface area contributed by atoms with E-state index in [9.17, 15) is 4.79 Å². The summed E-state index contributed by atoms with van der Waals surface area (Å²) in [5, 5.41) is 0. The van der Waals surface area contributed by atoms with Crippen molar-refractivity contribution >= 4 is 5.91 Å². The number of nitrogens with zero attached hydrogens (tertiary/aromatic N) is 1. The molecule has 0 spiro atoms. The number of hydrogen-bond acceptors (Lipinski definition) is 1. The lowest BCUT2D eigenvalue weighted by Crippen LogP contribution is -2.30. The Morgan fingerprint density at radius 3 is 2.57 bits per heavy atom. The Morgan fingerprint density at radius 1 is 1.57 bits per heavy atom. The van der Waals surface area contributed by atoms with E-state index in [1.165, 1.54) is 0 Å². The smallest absolute Gasteiger partial charge is 0.257 e. The van der Waals surface area contributed by atoms with Gasteiger partial charge >= 0.3 is 0 Å². The largest absolute Gasteiger partial charge is 0.308 e. The van der Waals surface area contributed by atoms with Crippen molar-refractivity contribution in [3.63, 3.8) is 0 Å². The molecule has 0 aromatic heterocycles. The van der Waals surface area contributed by atoms with E-state index >= 15 is 0 Å². The Balaban J connectivity index is 2.92. The highest BCUT2D eigenvalue weighted by Crippen LogP contribution is 2.25. The van der Waals surface area contributed by atoms with E-state index in [-0.39, 0.29) is 5.91 Å². The summed E-state index contributed by atoms with van der Waals surface area (Å²) in [6.45, 7) is 14.4. The minimum Gasteiger partial charge on any atom is -0.308 e. The maximum absolute atomic E-state index is 11.7. The number of rotatable bonds is 3. The van der Waals surface area contributed by atoms with Gasteiger partial charge in [0, 0.05) is 17.8 Å². The van der Waals surface area contributed by atoms with Crippen LogP contribution in [0.25, 0.3) is 0 Å². The zero-order valence-electron chi connectivity index (χ0n) is 9.13. The van der Waals surface area contributed by atoms with E-state index in [1.54, 1.807) is 4.90 Å². The lowest BCUT2D eigenvalue weighted by atomic mass is 10.2. The summed E-state index contributed by atoms with van der Waals surface area (Å²) in [7, 11) is 0. The molecule has 0 unspecified atom stereocenters. The normalized spacial score (nSPS) is 16.6. The minimum atomic E-state index is 0.0108. The molecule has 76 valence electrons. The lowest BCUT2D eigenvalue weighted by Gasteiger charge is -2.22. The highest BCUT2D eigenvalue weighted by atomic mass is 16.2. The topological polar surface area (TPSA) is 20.3 Å². The van der Waals surface area contributed by atoms with Gasteiger partial charge in [0.2, 0.25) is 0 Å². The van der Waals surface area contributed by atoms with Gasteiger partial charge in [0.25, 0.3) is 5.91 Å². The van der Waals surface area contributed by atoms with Crippen molar-refractivity contribution in [2.75, 3.05) is 6.54 Å². The molecule has 0 aromatic carbocycles. The zero-order chi connectivity index (χ0) is 10.9. The molecule has 0 bridgehead atoms. The Hall–Kier alpha value is -1.31. The first-order valence-electron chi connectivity index (χ1n) is 4.81. The van der Waals surface area contributed by atoms with Crippen LogP contribution in [0.3, 0.4) is 0 Å². The fourth-order valence-electron chi connectivity index (χ4n) is 1.49. The fourth-order valence-corrected chi connectivity index (χ4v) is 1.49. The van der Waals surface area contributed by atoms with Crippen molar-refractivity contribution in [3.8, 4) is 0 Å². The maximum Gasteiger partial charge on any atom is 0.257 e. The van der Waals surface area contributed by atoms with E-state index < -0.39 is 0 Å². The van der Waals surface area contributed by atoms with Gasteiger partial charge in [0.15, 0.2) is 0 Å². The van der Waals surface area contributed by atoms with Gasteiger partial charge < -0.3 is 4.90 Å². The number of hydrogen-bond donors (Lipinski definition) is 0. The summed E-state index contributed by atoms with van der Waals surface area (Å²) in [5.41, 5.74) is 2.38. The van der Waals surface area contributed by atoms with Gasteiger partial charge in [-0.15, -0.1) is 0 Å². The van der Waals surface area contributed by atoms with Gasteiger partial charge in [-0.3, -0.25) is 4.79 Å². The molecule has 0 atom stereocenters. The third-order valence-electron chi connectivity index (χ3n) is 2.11. The molecule has 1 aliphatic heterocycles. The van der Waals surface area contributed by atoms with Gasteiger partial charge in [-0.05, 0) is 24.5 Å². The van der Waals surface area contributed by atoms with Crippen LogP contribution in [-0.2, 0) is 4.79 Å². The van der Waals surface area contributed by atoms with Crippen LogP contribution >= 0.6 is 0 Å². The summed E-state index contributed by atoms with van der Waals surface area (Å²) in [6.07, 6.45) is 1.81. The Kier molecular flexibility index (Phi) is 2.94. The molecular weight excluding hydrogens is 174 g/mol. The van der Waals surface area contributed by atoms with Crippen LogP contribution in [0.15, 0.2) is 36.1 Å². The predicted molar refractivity (Wildman–Crippen MR) is 58.6 cm³/mol. The van der Waals surface area contributed by atoms with E-state index in [4.69, 9.17) is 0 Å². The van der Waals surface area contributed by atoms with Gasteiger partial charge in [-0.2, -0.15) is 0 Å². The summed E-state index contributed by atoms with van der Waals surface area (Å²) in [4.78, 5) is 13.4. The second-order valence-corrected chi connectivity index (χ2v) is 4.14. The number of allylic oxidation sites excluding steroid dienone is 1. The van der Waals surface area contributed by atoms with E-state index in [0.29, 0.717) is 11.5 Å². The number of carbonyl (C=O) groups is 1. The maximum atomic E-state index is 11.7. The van der Waals surface area contributed by atoms with E-state index in [1.807, 2.05) is 13.0 Å². The van der Waals surface area contributed by atoms with Crippen molar-refractivity contribution in [2.24, 2.45) is 5.92 Å². The Morgan fingerprint density at radius 2 is 2.14 bits per heavy atom. The zero-order valence-corrected chi connectivity index (χ0v) is 9.13. The average Bonchev–Trinajstić information content (AvgIpc) is 2.32. The van der Waals surface area contributed by atoms with Crippen molar-refractivity contribution in [2.45, 2.75) is 20.8 Å². The van der Waals surface area contributed by atoms with Crippen LogP contribution in [0.4, 0.5) is 0 Å². The lowest BCUT2D eigenvalue weighted by molar-refractivity contribution is -0.124. The first kappa shape index (κ1) is 10.8. The van der Waals surface area contributed by atoms with Gasteiger partial charge in [0.05, 0.1) is 0 Å². The van der Waals surface area contributed by atoms with Crippen LogP contribution in [0, 0.1) is 5.92 Å². The van der Waals surface area contributed by atoms with Crippen LogP contribution in [0.5, 0.6) is 0 Å². The molecule has 0 N–H and O–H groups in total. The molecule has 0 saturated carbocycles. The summed E-state index contributed by atoms with van der Waals surface area (Å²) in [6, 6.07) is 0. The van der Waals surface area contributed by atoms with Crippen molar-refractivity contribution < 1.29 is 4.79 Å². The second-order valence-electron chi connectivity index (χ2n) is 4.14. The van der Waals surface area contributed by atoms with Gasteiger partial charge in [-0.25, -0.2) is 0 Å². The summed E-state index contributed by atoms with van der Waals surface area (Å²) >= 11 is 0. The van der Waals surface area contributed by atoms with Crippen molar-refractivity contribution in [1.82, 2.24) is 4.90 Å². The van der Waals surface area contributed by atoms with Crippen LogP contribution in [0.2, 0.25) is 0 Å². The fraction of sp³-hybridized carbons (Fsp3) is 0.417. The standard InChI is InChI=1S/C12H17NO/c1-8(2)7-13-11(9(3)4)6-10(5)12(13)14/h6,8H,3,5,7H2,1-2,4H3. The van der Waals surface area contributed by atoms with Crippen LogP contribution in [0.1, 0.15) is 20.8 Å². The quantitative estimate of drug-likeness (QED) is 0.628. The summed E-state index contributed by atoms with van der Waals surface area (Å²) in [5.74, 6) is 0.462. The molecule has 14 heavy (non-hydrogen) atoms. The Bertz CT molecular complexity index is 323. The first-order valence-corrected chi connectivity index (χ1v) is 4.81. The molecule has 2 nitrogen and oxygen atoms in total. The second kappa shape index (κ2) is 3.82. The molecule has 1 heterocycles. The highest BCUT2D eigenvalue weighted by Gasteiger charge is 2.27. The molecule has 1 aliphatic rings. The van der Waals surface area contributed by atoms with Gasteiger partial charge in [0.1, 0.15) is 0 Å². The number of carbonyl (C=O) groups excluding carboxylic acids is 1. The third kappa shape index (κ3) is 1.95. The molecule has 2 heteroatoms. The molecular formula is C12H17NO. The van der Waals surface area contributed by atoms with Gasteiger partial charge in [-0.1, -0.05) is 27.0 Å². The van der Waals surface area contributed by atoms with Crippen LogP contribution < -0.4 is 0 Å². The average molecular weight is 191 g/mol. The summed E-state index contributed by atoms with van der Waals surface area (Å²) < 4.78 is 0. The molecule has 1 rings (SSSR count). The molecule has 0 radical (unpaired) electrons. The first-order chi connectivity index (χ1) is 6.43. The highest BCUT2D eigenvalue weighted by molar-refractivity contribution is 6.00. The molecule has 1 amide bonds. The Labute approximate surface area is 85.6 Å². The molecule has 0 aliphatic carbocycles. The third-order valence-corrected chi connectivity index (χ3v) is 2.11. The molecule has 0 saturated heterocycles. The SMILES string of the molecule is C=C(C)C1=CC(=C)C(=O)N1CC(C)C. The minimum absolute atomic E-state index is 0.0108. The predicted octanol–water partition coefficient (Wildman–Crippen LogP) is 2.50. The van der Waals surface area contributed by atoms with Crippen LogP contribution in [-0.4, -0.2) is 17.4 Å².